The Kier molecular flexibility index (Phi) is 5.18. The van der Waals surface area contributed by atoms with Crippen molar-refractivity contribution in [2.24, 2.45) is 0 Å². The Balaban J connectivity index is 2.00. The van der Waals surface area contributed by atoms with E-state index >= 15 is 0 Å². The van der Waals surface area contributed by atoms with Gasteiger partial charge >= 0.3 is 0 Å². The van der Waals surface area contributed by atoms with Gasteiger partial charge in [-0.1, -0.05) is 30.3 Å². The zero-order chi connectivity index (χ0) is 14.4. The molecule has 20 heavy (non-hydrogen) atoms. The number of nitrogens with one attached hydrogen (secondary N) is 1. The first-order chi connectivity index (χ1) is 9.69. The summed E-state index contributed by atoms with van der Waals surface area (Å²) in [6, 6.07) is 11.7. The van der Waals surface area contributed by atoms with Crippen molar-refractivity contribution in [1.29, 1.82) is 0 Å². The van der Waals surface area contributed by atoms with Gasteiger partial charge in [-0.05, 0) is 19.4 Å². The Morgan fingerprint density at radius 1 is 1.25 bits per heavy atom. The first-order valence-electron chi connectivity index (χ1n) is 6.60. The van der Waals surface area contributed by atoms with Crippen molar-refractivity contribution in [2.45, 2.75) is 19.2 Å². The van der Waals surface area contributed by atoms with E-state index in [9.17, 15) is 0 Å². The molecular formula is C15H18ClN3O. The van der Waals surface area contributed by atoms with Gasteiger partial charge in [0.15, 0.2) is 0 Å². The van der Waals surface area contributed by atoms with Crippen molar-refractivity contribution >= 4 is 17.5 Å². The maximum atomic E-state index is 6.35. The molecule has 0 spiro atoms. The first-order valence-corrected chi connectivity index (χ1v) is 7.04. The SMILES string of the molecule is CCOc1cc(C)nc(NCC(Cl)c2ccccc2)n1. The molecule has 2 rings (SSSR count). The van der Waals surface area contributed by atoms with Crippen LogP contribution in [-0.2, 0) is 0 Å². The van der Waals surface area contributed by atoms with E-state index in [0.29, 0.717) is 25.0 Å². The minimum atomic E-state index is -0.129. The largest absolute Gasteiger partial charge is 0.478 e. The zero-order valence-electron chi connectivity index (χ0n) is 11.6. The standard InChI is InChI=1S/C15H18ClN3O/c1-3-20-14-9-11(2)18-15(19-14)17-10-13(16)12-7-5-4-6-8-12/h4-9,13H,3,10H2,1-2H3,(H,17,18,19). The van der Waals surface area contributed by atoms with Crippen LogP contribution in [0, 0.1) is 6.92 Å². The fourth-order valence-corrected chi connectivity index (χ4v) is 2.02. The maximum absolute atomic E-state index is 6.35. The third-order valence-corrected chi connectivity index (χ3v) is 3.13. The van der Waals surface area contributed by atoms with E-state index < -0.39 is 0 Å². The van der Waals surface area contributed by atoms with Gasteiger partial charge in [-0.3, -0.25) is 0 Å². The van der Waals surface area contributed by atoms with Crippen LogP contribution in [0.5, 0.6) is 5.88 Å². The van der Waals surface area contributed by atoms with E-state index in [4.69, 9.17) is 16.3 Å². The quantitative estimate of drug-likeness (QED) is 0.827. The smallest absolute Gasteiger partial charge is 0.226 e. The molecule has 5 heteroatoms. The summed E-state index contributed by atoms with van der Waals surface area (Å²) in [4.78, 5) is 8.61. The number of halogens is 1. The van der Waals surface area contributed by atoms with Crippen LogP contribution in [0.3, 0.4) is 0 Å². The van der Waals surface area contributed by atoms with Gasteiger partial charge in [0.25, 0.3) is 0 Å². The van der Waals surface area contributed by atoms with E-state index in [1.807, 2.05) is 50.2 Å². The highest BCUT2D eigenvalue weighted by atomic mass is 35.5. The van der Waals surface area contributed by atoms with Crippen molar-refractivity contribution in [3.8, 4) is 5.88 Å². The van der Waals surface area contributed by atoms with Crippen molar-refractivity contribution < 1.29 is 4.74 Å². The van der Waals surface area contributed by atoms with Crippen LogP contribution < -0.4 is 10.1 Å². The highest BCUT2D eigenvalue weighted by Gasteiger charge is 2.09. The Labute approximate surface area is 124 Å². The van der Waals surface area contributed by atoms with Gasteiger partial charge in [-0.15, -0.1) is 11.6 Å². The first kappa shape index (κ1) is 14.6. The number of anilines is 1. The summed E-state index contributed by atoms with van der Waals surface area (Å²) < 4.78 is 5.39. The normalized spacial score (nSPS) is 11.9. The lowest BCUT2D eigenvalue weighted by atomic mass is 10.1. The van der Waals surface area contributed by atoms with Crippen molar-refractivity contribution in [1.82, 2.24) is 9.97 Å². The Hall–Kier alpha value is -1.81. The molecule has 1 aromatic heterocycles. The molecule has 0 saturated heterocycles. The predicted molar refractivity (Wildman–Crippen MR) is 81.5 cm³/mol. The number of alkyl halides is 1. The number of hydrogen-bond acceptors (Lipinski definition) is 4. The molecule has 1 unspecified atom stereocenters. The highest BCUT2D eigenvalue weighted by Crippen LogP contribution is 2.20. The average Bonchev–Trinajstić information content (AvgIpc) is 2.45. The molecule has 4 nitrogen and oxygen atoms in total. The summed E-state index contributed by atoms with van der Waals surface area (Å²) in [5.41, 5.74) is 1.93. The topological polar surface area (TPSA) is 47.0 Å². The predicted octanol–water partition coefficient (Wildman–Crippen LogP) is 3.58. The van der Waals surface area contributed by atoms with E-state index in [1.165, 1.54) is 0 Å². The number of aromatic nitrogens is 2. The molecule has 0 radical (unpaired) electrons. The molecule has 0 saturated carbocycles. The third-order valence-electron chi connectivity index (χ3n) is 2.72. The van der Waals surface area contributed by atoms with E-state index in [0.717, 1.165) is 11.3 Å². The fraction of sp³-hybridized carbons (Fsp3) is 0.333. The number of rotatable bonds is 6. The summed E-state index contributed by atoms with van der Waals surface area (Å²) in [5, 5.41) is 3.02. The molecule has 0 aliphatic carbocycles. The Morgan fingerprint density at radius 3 is 2.70 bits per heavy atom. The van der Waals surface area contributed by atoms with Crippen LogP contribution in [-0.4, -0.2) is 23.1 Å². The summed E-state index contributed by atoms with van der Waals surface area (Å²) in [6.45, 7) is 4.97. The summed E-state index contributed by atoms with van der Waals surface area (Å²) >= 11 is 6.35. The number of ether oxygens (including phenoxy) is 1. The van der Waals surface area contributed by atoms with Crippen LogP contribution in [0.4, 0.5) is 5.95 Å². The van der Waals surface area contributed by atoms with E-state index in [-0.39, 0.29) is 5.38 Å². The fourth-order valence-electron chi connectivity index (χ4n) is 1.80. The van der Waals surface area contributed by atoms with E-state index in [1.54, 1.807) is 0 Å². The summed E-state index contributed by atoms with van der Waals surface area (Å²) in [5.74, 6) is 1.11. The molecule has 106 valence electrons. The molecule has 0 aliphatic rings. The van der Waals surface area contributed by atoms with Crippen LogP contribution in [0.25, 0.3) is 0 Å². The third kappa shape index (κ3) is 4.10. The minimum Gasteiger partial charge on any atom is -0.478 e. The maximum Gasteiger partial charge on any atom is 0.226 e. The molecule has 1 N–H and O–H groups in total. The second-order valence-corrected chi connectivity index (χ2v) is 4.89. The van der Waals surface area contributed by atoms with Crippen molar-refractivity contribution in [3.05, 3.63) is 47.7 Å². The van der Waals surface area contributed by atoms with Gasteiger partial charge in [-0.25, -0.2) is 4.98 Å². The van der Waals surface area contributed by atoms with Crippen LogP contribution >= 0.6 is 11.6 Å². The highest BCUT2D eigenvalue weighted by molar-refractivity contribution is 6.21. The lowest BCUT2D eigenvalue weighted by molar-refractivity contribution is 0.326. The molecule has 1 atom stereocenters. The van der Waals surface area contributed by atoms with Crippen LogP contribution in [0.15, 0.2) is 36.4 Å². The second-order valence-electron chi connectivity index (χ2n) is 4.36. The van der Waals surface area contributed by atoms with Gasteiger partial charge in [0.05, 0.1) is 12.0 Å². The van der Waals surface area contributed by atoms with Gasteiger partial charge in [0, 0.05) is 18.3 Å². The van der Waals surface area contributed by atoms with Crippen LogP contribution in [0.1, 0.15) is 23.6 Å². The van der Waals surface area contributed by atoms with Crippen LogP contribution in [0.2, 0.25) is 0 Å². The van der Waals surface area contributed by atoms with Gasteiger partial charge in [-0.2, -0.15) is 4.98 Å². The molecule has 0 fully saturated rings. The summed E-state index contributed by atoms with van der Waals surface area (Å²) in [6.07, 6.45) is 0. The van der Waals surface area contributed by atoms with Gasteiger partial charge < -0.3 is 10.1 Å². The number of aryl methyl sites for hydroxylation is 1. The molecule has 0 bridgehead atoms. The summed E-state index contributed by atoms with van der Waals surface area (Å²) in [7, 11) is 0. The van der Waals surface area contributed by atoms with E-state index in [2.05, 4.69) is 15.3 Å². The zero-order valence-corrected chi connectivity index (χ0v) is 12.4. The number of benzene rings is 1. The molecule has 1 aromatic carbocycles. The minimum absolute atomic E-state index is 0.129. The Bertz CT molecular complexity index is 548. The lowest BCUT2D eigenvalue weighted by Gasteiger charge is -2.12. The number of nitrogens with zero attached hydrogens (tertiary/aromatic N) is 2. The molecular weight excluding hydrogens is 274 g/mol. The second kappa shape index (κ2) is 7.10. The van der Waals surface area contributed by atoms with Crippen molar-refractivity contribution in [2.75, 3.05) is 18.5 Å². The lowest BCUT2D eigenvalue weighted by Crippen LogP contribution is -2.11. The number of hydrogen-bond donors (Lipinski definition) is 1. The molecule has 0 aliphatic heterocycles. The molecule has 2 aromatic rings. The Morgan fingerprint density at radius 2 is 2.00 bits per heavy atom. The molecule has 1 heterocycles. The monoisotopic (exact) mass is 291 g/mol. The van der Waals surface area contributed by atoms with Gasteiger partial charge in [0.2, 0.25) is 11.8 Å². The van der Waals surface area contributed by atoms with Crippen molar-refractivity contribution in [3.63, 3.8) is 0 Å². The van der Waals surface area contributed by atoms with Gasteiger partial charge in [0.1, 0.15) is 0 Å². The average molecular weight is 292 g/mol. The molecule has 0 amide bonds.